The average Bonchev–Trinajstić information content (AvgIpc) is 2.59. The zero-order valence-corrected chi connectivity index (χ0v) is 16.7. The fourth-order valence-corrected chi connectivity index (χ4v) is 3.67. The minimum Gasteiger partial charge on any atom is -0.507 e. The van der Waals surface area contributed by atoms with Gasteiger partial charge in [0, 0.05) is 18.1 Å². The topological polar surface area (TPSA) is 146 Å². The van der Waals surface area contributed by atoms with Gasteiger partial charge in [0.25, 0.3) is 0 Å². The smallest absolute Gasteiger partial charge is 0.170 e. The summed E-state index contributed by atoms with van der Waals surface area (Å²) in [4.78, 5) is 62.1. The molecule has 1 aliphatic rings. The zero-order valence-electron chi connectivity index (χ0n) is 16.7. The number of hydrogen-bond acceptors (Lipinski definition) is 8. The number of benzene rings is 1. The SMILES string of the molecule is CCCC(=O)c1c(O)cc(O)c(CC2C(=O)C(C(C)=O)C(=O)C(C)(C)C2=O)c1O. The molecule has 2 rings (SSSR count). The number of phenols is 3. The molecule has 3 N–H and O–H groups in total. The van der Waals surface area contributed by atoms with Crippen LogP contribution < -0.4 is 0 Å². The second kappa shape index (κ2) is 7.77. The molecule has 8 nitrogen and oxygen atoms in total. The Labute approximate surface area is 167 Å². The van der Waals surface area contributed by atoms with E-state index >= 15 is 0 Å². The normalized spacial score (nSPS) is 21.3. The molecule has 1 aromatic rings. The summed E-state index contributed by atoms with van der Waals surface area (Å²) in [5, 5.41) is 30.7. The van der Waals surface area contributed by atoms with Gasteiger partial charge in [-0.1, -0.05) is 6.92 Å². The summed E-state index contributed by atoms with van der Waals surface area (Å²) in [6.45, 7) is 5.45. The van der Waals surface area contributed by atoms with Gasteiger partial charge in [-0.25, -0.2) is 0 Å². The number of carbonyl (C=O) groups is 5. The monoisotopic (exact) mass is 404 g/mol. The van der Waals surface area contributed by atoms with Gasteiger partial charge in [0.05, 0.1) is 11.3 Å². The number of rotatable bonds is 6. The lowest BCUT2D eigenvalue weighted by Gasteiger charge is -2.35. The number of carbonyl (C=O) groups excluding carboxylic acids is 5. The number of phenolic OH excluding ortho intramolecular Hbond substituents is 3. The molecule has 0 spiro atoms. The number of hydrogen-bond donors (Lipinski definition) is 3. The molecule has 1 saturated carbocycles. The van der Waals surface area contributed by atoms with Crippen molar-refractivity contribution in [3.63, 3.8) is 0 Å². The summed E-state index contributed by atoms with van der Waals surface area (Å²) in [6, 6.07) is 0.856. The molecule has 2 atom stereocenters. The molecule has 1 aromatic carbocycles. The zero-order chi connectivity index (χ0) is 22.3. The Morgan fingerprint density at radius 1 is 1.03 bits per heavy atom. The molecule has 1 aliphatic carbocycles. The van der Waals surface area contributed by atoms with Crippen molar-refractivity contribution in [1.29, 1.82) is 0 Å². The maximum atomic E-state index is 12.8. The Morgan fingerprint density at radius 2 is 1.62 bits per heavy atom. The second-order valence-corrected chi connectivity index (χ2v) is 7.85. The molecular weight excluding hydrogens is 380 g/mol. The maximum Gasteiger partial charge on any atom is 0.170 e. The summed E-state index contributed by atoms with van der Waals surface area (Å²) in [6.07, 6.45) is -0.0345. The van der Waals surface area contributed by atoms with Crippen molar-refractivity contribution < 1.29 is 39.3 Å². The van der Waals surface area contributed by atoms with Crippen LogP contribution in [-0.2, 0) is 25.6 Å². The predicted octanol–water partition coefficient (Wildman–Crippen LogP) is 1.90. The van der Waals surface area contributed by atoms with E-state index in [4.69, 9.17) is 0 Å². The Morgan fingerprint density at radius 3 is 2.14 bits per heavy atom. The first-order valence-electron chi connectivity index (χ1n) is 9.28. The van der Waals surface area contributed by atoms with Crippen molar-refractivity contribution in [3.8, 4) is 17.2 Å². The van der Waals surface area contributed by atoms with Gasteiger partial charge in [0.1, 0.15) is 34.5 Å². The Kier molecular flexibility index (Phi) is 5.96. The molecule has 0 bridgehead atoms. The third-order valence-electron chi connectivity index (χ3n) is 5.37. The molecule has 2 unspecified atom stereocenters. The van der Waals surface area contributed by atoms with Gasteiger partial charge in [0.2, 0.25) is 0 Å². The van der Waals surface area contributed by atoms with E-state index in [1.807, 2.05) is 0 Å². The lowest BCUT2D eigenvalue weighted by molar-refractivity contribution is -0.156. The molecule has 29 heavy (non-hydrogen) atoms. The highest BCUT2D eigenvalue weighted by Gasteiger charge is 2.55. The first-order chi connectivity index (χ1) is 13.4. The van der Waals surface area contributed by atoms with E-state index in [9.17, 15) is 39.3 Å². The second-order valence-electron chi connectivity index (χ2n) is 7.85. The number of aromatic hydroxyl groups is 3. The lowest BCUT2D eigenvalue weighted by atomic mass is 9.62. The molecular formula is C21H24O8. The van der Waals surface area contributed by atoms with Crippen LogP contribution in [0.5, 0.6) is 17.2 Å². The molecule has 0 amide bonds. The Balaban J connectivity index is 2.57. The van der Waals surface area contributed by atoms with Crippen LogP contribution in [0.4, 0.5) is 0 Å². The standard InChI is InChI=1S/C21H24O8/c1-5-6-12(23)16-14(25)8-13(24)10(17(16)26)7-11-18(27)15(9(2)22)20(29)21(3,4)19(11)28/h8,11,15,24-26H,5-7H2,1-4H3. The summed E-state index contributed by atoms with van der Waals surface area (Å²) >= 11 is 0. The summed E-state index contributed by atoms with van der Waals surface area (Å²) in [5.41, 5.74) is -2.28. The quantitative estimate of drug-likeness (QED) is 0.481. The van der Waals surface area contributed by atoms with E-state index in [2.05, 4.69) is 0 Å². The molecule has 0 heterocycles. The van der Waals surface area contributed by atoms with Crippen LogP contribution in [-0.4, -0.2) is 44.2 Å². The van der Waals surface area contributed by atoms with E-state index in [0.717, 1.165) is 13.0 Å². The average molecular weight is 404 g/mol. The van der Waals surface area contributed by atoms with Crippen LogP contribution in [0, 0.1) is 17.3 Å². The minimum absolute atomic E-state index is 0.0283. The van der Waals surface area contributed by atoms with Crippen molar-refractivity contribution in [2.24, 2.45) is 17.3 Å². The molecule has 8 heteroatoms. The summed E-state index contributed by atoms with van der Waals surface area (Å²) in [5.74, 6) is -8.71. The molecule has 1 fully saturated rings. The van der Waals surface area contributed by atoms with Crippen molar-refractivity contribution in [1.82, 2.24) is 0 Å². The van der Waals surface area contributed by atoms with E-state index in [1.54, 1.807) is 6.92 Å². The first kappa shape index (κ1) is 22.3. The van der Waals surface area contributed by atoms with Crippen LogP contribution in [0.1, 0.15) is 56.5 Å². The van der Waals surface area contributed by atoms with Gasteiger partial charge in [-0.2, -0.15) is 0 Å². The Hall–Kier alpha value is -3.03. The summed E-state index contributed by atoms with van der Waals surface area (Å²) < 4.78 is 0. The van der Waals surface area contributed by atoms with Gasteiger partial charge in [-0.15, -0.1) is 0 Å². The number of Topliss-reactive ketones (excluding diaryl/α,β-unsaturated/α-hetero) is 5. The van der Waals surface area contributed by atoms with Gasteiger partial charge in [-0.05, 0) is 33.6 Å². The molecule has 0 aliphatic heterocycles. The highest BCUT2D eigenvalue weighted by Crippen LogP contribution is 2.42. The van der Waals surface area contributed by atoms with Crippen LogP contribution in [0.3, 0.4) is 0 Å². The van der Waals surface area contributed by atoms with Crippen LogP contribution in [0.15, 0.2) is 6.07 Å². The fourth-order valence-electron chi connectivity index (χ4n) is 3.67. The third kappa shape index (κ3) is 3.66. The van der Waals surface area contributed by atoms with Crippen molar-refractivity contribution in [2.75, 3.05) is 0 Å². The minimum atomic E-state index is -1.60. The Bertz CT molecular complexity index is 925. The fraction of sp³-hybridized carbons (Fsp3) is 0.476. The van der Waals surface area contributed by atoms with Crippen LogP contribution in [0.25, 0.3) is 0 Å². The highest BCUT2D eigenvalue weighted by molar-refractivity contribution is 6.33. The van der Waals surface area contributed by atoms with E-state index in [-0.39, 0.29) is 12.0 Å². The van der Waals surface area contributed by atoms with E-state index < -0.39 is 75.4 Å². The molecule has 0 radical (unpaired) electrons. The van der Waals surface area contributed by atoms with E-state index in [1.165, 1.54) is 13.8 Å². The third-order valence-corrected chi connectivity index (χ3v) is 5.37. The van der Waals surface area contributed by atoms with Crippen molar-refractivity contribution in [3.05, 3.63) is 17.2 Å². The lowest BCUT2D eigenvalue weighted by Crippen LogP contribution is -2.55. The first-order valence-corrected chi connectivity index (χ1v) is 9.28. The van der Waals surface area contributed by atoms with Crippen LogP contribution in [0.2, 0.25) is 0 Å². The molecule has 0 aromatic heterocycles. The largest absolute Gasteiger partial charge is 0.507 e. The van der Waals surface area contributed by atoms with E-state index in [0.29, 0.717) is 6.42 Å². The van der Waals surface area contributed by atoms with Gasteiger partial charge < -0.3 is 15.3 Å². The van der Waals surface area contributed by atoms with Crippen LogP contribution >= 0.6 is 0 Å². The van der Waals surface area contributed by atoms with Gasteiger partial charge in [-0.3, -0.25) is 24.0 Å². The predicted molar refractivity (Wildman–Crippen MR) is 101 cm³/mol. The van der Waals surface area contributed by atoms with Crippen molar-refractivity contribution >= 4 is 28.9 Å². The molecule has 0 saturated heterocycles. The summed E-state index contributed by atoms with van der Waals surface area (Å²) in [7, 11) is 0. The molecule has 156 valence electrons. The van der Waals surface area contributed by atoms with Gasteiger partial charge in [0.15, 0.2) is 23.1 Å². The maximum absolute atomic E-state index is 12.8. The highest BCUT2D eigenvalue weighted by atomic mass is 16.3. The van der Waals surface area contributed by atoms with Crippen molar-refractivity contribution in [2.45, 2.75) is 47.0 Å². The number of ketones is 5. The van der Waals surface area contributed by atoms with Gasteiger partial charge >= 0.3 is 0 Å².